The van der Waals surface area contributed by atoms with Crippen LogP contribution in [0, 0.1) is 0 Å². The zero-order valence-electron chi connectivity index (χ0n) is 43.7. The smallest absolute Gasteiger partial charge is 0.306 e. The van der Waals surface area contributed by atoms with E-state index in [1.807, 2.05) is 0 Å². The molecule has 0 aliphatic heterocycles. The van der Waals surface area contributed by atoms with Crippen molar-refractivity contribution in [1.29, 1.82) is 0 Å². The third-order valence-corrected chi connectivity index (χ3v) is 12.3. The number of esters is 3. The van der Waals surface area contributed by atoms with Crippen molar-refractivity contribution in [2.45, 2.75) is 290 Å². The average molecular weight is 924 g/mol. The lowest BCUT2D eigenvalue weighted by atomic mass is 10.0. The maximum absolute atomic E-state index is 12.8. The van der Waals surface area contributed by atoms with Gasteiger partial charge in [0.15, 0.2) is 6.10 Å². The normalized spacial score (nSPS) is 12.5. The topological polar surface area (TPSA) is 78.9 Å². The fraction of sp³-hybridized carbons (Fsp3) is 0.783. The van der Waals surface area contributed by atoms with Crippen molar-refractivity contribution in [2.24, 2.45) is 0 Å². The van der Waals surface area contributed by atoms with Gasteiger partial charge < -0.3 is 14.2 Å². The molecule has 6 nitrogen and oxygen atoms in total. The Morgan fingerprint density at radius 1 is 0.318 bits per heavy atom. The summed E-state index contributed by atoms with van der Waals surface area (Å²) in [4.78, 5) is 37.8. The molecule has 0 radical (unpaired) electrons. The number of hydrogen-bond donors (Lipinski definition) is 0. The Kier molecular flexibility index (Phi) is 52.3. The summed E-state index contributed by atoms with van der Waals surface area (Å²) in [5, 5.41) is 0. The van der Waals surface area contributed by atoms with Crippen LogP contribution in [0.5, 0.6) is 0 Å². The third-order valence-electron chi connectivity index (χ3n) is 12.3. The van der Waals surface area contributed by atoms with Crippen LogP contribution < -0.4 is 0 Å². The van der Waals surface area contributed by atoms with Crippen molar-refractivity contribution >= 4 is 17.9 Å². The zero-order chi connectivity index (χ0) is 47.9. The number of unbranched alkanes of at least 4 members (excludes halogenated alkanes) is 30. The van der Waals surface area contributed by atoms with Gasteiger partial charge in [0.1, 0.15) is 13.2 Å². The van der Waals surface area contributed by atoms with Gasteiger partial charge >= 0.3 is 17.9 Å². The molecule has 1 unspecified atom stereocenters. The molecule has 0 amide bonds. The Morgan fingerprint density at radius 3 is 0.924 bits per heavy atom. The van der Waals surface area contributed by atoms with Crippen molar-refractivity contribution < 1.29 is 28.6 Å². The maximum atomic E-state index is 12.8. The monoisotopic (exact) mass is 923 g/mol. The molecule has 0 rings (SSSR count). The van der Waals surface area contributed by atoms with E-state index in [1.165, 1.54) is 148 Å². The SMILES string of the molecule is CC/C=C\C/C=C\C/C=C\C/C=C\C/C=C\CCCCCC(=O)OC(COC(=O)CCCCCCCC)COC(=O)CCCCCCCCCCCCCCCCCCCCCCCCC. The molecule has 0 fully saturated rings. The molecule has 0 aromatic rings. The van der Waals surface area contributed by atoms with Gasteiger partial charge in [-0.3, -0.25) is 14.4 Å². The minimum Gasteiger partial charge on any atom is -0.462 e. The molecular formula is C60H106O6. The minimum atomic E-state index is -0.786. The van der Waals surface area contributed by atoms with Gasteiger partial charge in [-0.05, 0) is 64.2 Å². The average Bonchev–Trinajstić information content (AvgIpc) is 3.31. The Balaban J connectivity index is 4.17. The van der Waals surface area contributed by atoms with Crippen LogP contribution in [0.25, 0.3) is 0 Å². The van der Waals surface area contributed by atoms with Crippen molar-refractivity contribution in [3.63, 3.8) is 0 Å². The van der Waals surface area contributed by atoms with E-state index in [-0.39, 0.29) is 31.1 Å². The highest BCUT2D eigenvalue weighted by Gasteiger charge is 2.19. The molecule has 0 saturated heterocycles. The maximum Gasteiger partial charge on any atom is 0.306 e. The van der Waals surface area contributed by atoms with E-state index in [1.54, 1.807) is 0 Å². The van der Waals surface area contributed by atoms with Crippen LogP contribution in [0.4, 0.5) is 0 Å². The molecule has 1 atom stereocenters. The molecule has 0 bridgehead atoms. The van der Waals surface area contributed by atoms with E-state index in [4.69, 9.17) is 14.2 Å². The largest absolute Gasteiger partial charge is 0.462 e. The van der Waals surface area contributed by atoms with Crippen LogP contribution in [-0.4, -0.2) is 37.2 Å². The summed E-state index contributed by atoms with van der Waals surface area (Å²) < 4.78 is 16.7. The second-order valence-corrected chi connectivity index (χ2v) is 18.8. The van der Waals surface area contributed by atoms with E-state index < -0.39 is 6.10 Å². The van der Waals surface area contributed by atoms with Gasteiger partial charge in [-0.15, -0.1) is 0 Å². The second-order valence-electron chi connectivity index (χ2n) is 18.8. The molecule has 6 heteroatoms. The van der Waals surface area contributed by atoms with Crippen LogP contribution in [0.3, 0.4) is 0 Å². The Bertz CT molecular complexity index is 1200. The summed E-state index contributed by atoms with van der Waals surface area (Å²) in [6, 6.07) is 0. The van der Waals surface area contributed by atoms with Crippen LogP contribution in [0.15, 0.2) is 60.8 Å². The summed E-state index contributed by atoms with van der Waals surface area (Å²) in [5.74, 6) is -0.918. The molecule has 0 saturated carbocycles. The van der Waals surface area contributed by atoms with E-state index in [9.17, 15) is 14.4 Å². The molecule has 0 heterocycles. The number of hydrogen-bond acceptors (Lipinski definition) is 6. The second kappa shape index (κ2) is 54.7. The molecule has 0 spiro atoms. The Hall–Kier alpha value is -2.89. The minimum absolute atomic E-state index is 0.0850. The molecule has 0 aromatic heterocycles. The molecule has 0 N–H and O–H groups in total. The van der Waals surface area contributed by atoms with Crippen molar-refractivity contribution in [1.82, 2.24) is 0 Å². The molecule has 0 aliphatic rings. The van der Waals surface area contributed by atoms with Crippen molar-refractivity contribution in [2.75, 3.05) is 13.2 Å². The highest BCUT2D eigenvalue weighted by Crippen LogP contribution is 2.17. The number of rotatable bonds is 51. The quantitative estimate of drug-likeness (QED) is 0.0262. The summed E-state index contributed by atoms with van der Waals surface area (Å²) in [6.07, 6.45) is 68.2. The van der Waals surface area contributed by atoms with E-state index in [2.05, 4.69) is 81.5 Å². The predicted octanol–water partition coefficient (Wildman–Crippen LogP) is 18.8. The summed E-state index contributed by atoms with van der Waals surface area (Å²) >= 11 is 0. The predicted molar refractivity (Wildman–Crippen MR) is 284 cm³/mol. The van der Waals surface area contributed by atoms with Crippen molar-refractivity contribution in [3.8, 4) is 0 Å². The third kappa shape index (κ3) is 52.1. The molecule has 0 aliphatic carbocycles. The van der Waals surface area contributed by atoms with Crippen molar-refractivity contribution in [3.05, 3.63) is 60.8 Å². The molecule has 0 aromatic carbocycles. The van der Waals surface area contributed by atoms with Crippen LogP contribution in [0.2, 0.25) is 0 Å². The van der Waals surface area contributed by atoms with E-state index >= 15 is 0 Å². The van der Waals surface area contributed by atoms with Crippen LogP contribution in [0.1, 0.15) is 284 Å². The van der Waals surface area contributed by atoms with Crippen LogP contribution >= 0.6 is 0 Å². The van der Waals surface area contributed by atoms with Gasteiger partial charge in [-0.2, -0.15) is 0 Å². The number of ether oxygens (including phenoxy) is 3. The highest BCUT2D eigenvalue weighted by molar-refractivity contribution is 5.71. The molecule has 66 heavy (non-hydrogen) atoms. The number of carbonyl (C=O) groups excluding carboxylic acids is 3. The van der Waals surface area contributed by atoms with E-state index in [0.717, 1.165) is 96.3 Å². The fourth-order valence-corrected chi connectivity index (χ4v) is 8.06. The molecular weight excluding hydrogens is 817 g/mol. The first-order valence-electron chi connectivity index (χ1n) is 28.3. The number of carbonyl (C=O) groups is 3. The van der Waals surface area contributed by atoms with Gasteiger partial charge in [0.25, 0.3) is 0 Å². The zero-order valence-corrected chi connectivity index (χ0v) is 43.7. The van der Waals surface area contributed by atoms with Crippen LogP contribution in [-0.2, 0) is 28.6 Å². The lowest BCUT2D eigenvalue weighted by molar-refractivity contribution is -0.167. The van der Waals surface area contributed by atoms with Gasteiger partial charge in [-0.1, -0.05) is 261 Å². The van der Waals surface area contributed by atoms with Gasteiger partial charge in [-0.25, -0.2) is 0 Å². The highest BCUT2D eigenvalue weighted by atomic mass is 16.6. The summed E-state index contributed by atoms with van der Waals surface area (Å²) in [6.45, 7) is 6.46. The first-order chi connectivity index (χ1) is 32.5. The summed E-state index contributed by atoms with van der Waals surface area (Å²) in [5.41, 5.74) is 0. The summed E-state index contributed by atoms with van der Waals surface area (Å²) in [7, 11) is 0. The lowest BCUT2D eigenvalue weighted by Crippen LogP contribution is -2.30. The van der Waals surface area contributed by atoms with E-state index in [0.29, 0.717) is 19.3 Å². The van der Waals surface area contributed by atoms with Gasteiger partial charge in [0, 0.05) is 19.3 Å². The molecule has 382 valence electrons. The first kappa shape index (κ1) is 63.1. The Labute approximate surface area is 409 Å². The first-order valence-corrected chi connectivity index (χ1v) is 28.3. The standard InChI is InChI=1S/C60H106O6/c1-4-7-10-13-16-18-20-22-24-26-28-29-30-31-33-34-36-38-40-42-44-47-50-53-59(62)65-56-57(55-64-58(61)52-49-46-15-12-9-6-3)66-60(63)54-51-48-45-43-41-39-37-35-32-27-25-23-21-19-17-14-11-8-5-2/h8,11,17,19,23,25,32,35,39,41,57H,4-7,9-10,12-16,18,20-22,24,26-31,33-34,36-38,40,42-56H2,1-3H3/b11-8-,19-17-,25-23-,35-32-,41-39-. The fourth-order valence-electron chi connectivity index (χ4n) is 8.06. The van der Waals surface area contributed by atoms with Gasteiger partial charge in [0.2, 0.25) is 0 Å². The number of allylic oxidation sites excluding steroid dienone is 10. The van der Waals surface area contributed by atoms with Gasteiger partial charge in [0.05, 0.1) is 0 Å². The Morgan fingerprint density at radius 2 is 0.591 bits per heavy atom. The lowest BCUT2D eigenvalue weighted by Gasteiger charge is -2.18.